The number of benzene rings is 2. The van der Waals surface area contributed by atoms with Gasteiger partial charge >= 0.3 is 0 Å². The number of ether oxygens (including phenoxy) is 1. The SMILES string of the molecule is CC(CO)(NCc1cccc(OCc2cccc(C#N)c2)c1)C1CC1. The fraction of sp³-hybridized carbons (Fsp3) is 0.381. The van der Waals surface area contributed by atoms with Crippen LogP contribution in [0, 0.1) is 17.2 Å². The van der Waals surface area contributed by atoms with Crippen LogP contribution in [0.3, 0.4) is 0 Å². The number of hydrogen-bond donors (Lipinski definition) is 2. The van der Waals surface area contributed by atoms with Crippen molar-refractivity contribution in [1.82, 2.24) is 5.32 Å². The minimum Gasteiger partial charge on any atom is -0.489 e. The molecule has 1 fully saturated rings. The van der Waals surface area contributed by atoms with Crippen molar-refractivity contribution < 1.29 is 9.84 Å². The van der Waals surface area contributed by atoms with Gasteiger partial charge in [-0.15, -0.1) is 0 Å². The zero-order valence-electron chi connectivity index (χ0n) is 14.5. The summed E-state index contributed by atoms with van der Waals surface area (Å²) in [6.45, 7) is 3.38. The fourth-order valence-corrected chi connectivity index (χ4v) is 3.00. The molecule has 2 aromatic rings. The molecule has 25 heavy (non-hydrogen) atoms. The molecule has 1 atom stereocenters. The van der Waals surface area contributed by atoms with Crippen LogP contribution < -0.4 is 10.1 Å². The predicted molar refractivity (Wildman–Crippen MR) is 97.0 cm³/mol. The standard InChI is InChI=1S/C21H24N2O2/c1-21(15-24,19-8-9-19)23-13-17-5-3-7-20(11-17)25-14-18-6-2-4-16(10-18)12-22/h2-7,10-11,19,23-24H,8-9,13-15H2,1H3. The van der Waals surface area contributed by atoms with Crippen molar-refractivity contribution in [2.24, 2.45) is 5.92 Å². The van der Waals surface area contributed by atoms with Gasteiger partial charge in [0.05, 0.1) is 18.2 Å². The highest BCUT2D eigenvalue weighted by Gasteiger charge is 2.40. The molecular formula is C21H24N2O2. The highest BCUT2D eigenvalue weighted by molar-refractivity contribution is 5.33. The molecule has 4 heteroatoms. The maximum atomic E-state index is 9.67. The van der Waals surface area contributed by atoms with Gasteiger partial charge in [-0.1, -0.05) is 24.3 Å². The second-order valence-corrected chi connectivity index (χ2v) is 6.95. The maximum Gasteiger partial charge on any atom is 0.120 e. The lowest BCUT2D eigenvalue weighted by atomic mass is 9.96. The molecule has 0 amide bonds. The number of aliphatic hydroxyl groups excluding tert-OH is 1. The van der Waals surface area contributed by atoms with Crippen molar-refractivity contribution in [3.63, 3.8) is 0 Å². The van der Waals surface area contributed by atoms with Crippen LogP contribution in [0.2, 0.25) is 0 Å². The molecule has 0 aromatic heterocycles. The number of nitriles is 1. The van der Waals surface area contributed by atoms with Crippen molar-refractivity contribution in [1.29, 1.82) is 5.26 Å². The van der Waals surface area contributed by atoms with Crippen LogP contribution in [0.1, 0.15) is 36.5 Å². The van der Waals surface area contributed by atoms with E-state index in [1.807, 2.05) is 36.4 Å². The molecule has 0 spiro atoms. The first-order valence-electron chi connectivity index (χ1n) is 8.69. The van der Waals surface area contributed by atoms with Crippen molar-refractivity contribution in [2.45, 2.75) is 38.5 Å². The molecule has 130 valence electrons. The van der Waals surface area contributed by atoms with E-state index in [0.717, 1.165) is 16.9 Å². The molecule has 0 aliphatic heterocycles. The van der Waals surface area contributed by atoms with Gasteiger partial charge in [-0.3, -0.25) is 0 Å². The third-order valence-corrected chi connectivity index (χ3v) is 4.86. The van der Waals surface area contributed by atoms with Gasteiger partial charge in [-0.2, -0.15) is 5.26 Å². The Morgan fingerprint density at radius 2 is 1.96 bits per heavy atom. The van der Waals surface area contributed by atoms with Crippen LogP contribution in [0.4, 0.5) is 0 Å². The van der Waals surface area contributed by atoms with E-state index < -0.39 is 0 Å². The Morgan fingerprint density at radius 3 is 2.68 bits per heavy atom. The summed E-state index contributed by atoms with van der Waals surface area (Å²) < 4.78 is 5.86. The van der Waals surface area contributed by atoms with Gasteiger partial charge in [-0.05, 0) is 61.1 Å². The average molecular weight is 336 g/mol. The molecular weight excluding hydrogens is 312 g/mol. The summed E-state index contributed by atoms with van der Waals surface area (Å²) in [4.78, 5) is 0. The Labute approximate surface area is 149 Å². The quantitative estimate of drug-likeness (QED) is 0.775. The van der Waals surface area contributed by atoms with Crippen LogP contribution >= 0.6 is 0 Å². The van der Waals surface area contributed by atoms with Gasteiger partial charge in [0.1, 0.15) is 12.4 Å². The van der Waals surface area contributed by atoms with Crippen LogP contribution in [-0.4, -0.2) is 17.3 Å². The smallest absolute Gasteiger partial charge is 0.120 e. The van der Waals surface area contributed by atoms with Gasteiger partial charge in [0, 0.05) is 12.1 Å². The molecule has 1 aliphatic rings. The molecule has 1 unspecified atom stereocenters. The van der Waals surface area contributed by atoms with Gasteiger partial charge in [-0.25, -0.2) is 0 Å². The minimum atomic E-state index is -0.200. The van der Waals surface area contributed by atoms with E-state index in [9.17, 15) is 5.11 Å². The highest BCUT2D eigenvalue weighted by atomic mass is 16.5. The average Bonchev–Trinajstić information content (AvgIpc) is 3.51. The molecule has 3 rings (SSSR count). The summed E-state index contributed by atoms with van der Waals surface area (Å²) in [6.07, 6.45) is 2.38. The Kier molecular flexibility index (Phi) is 5.37. The van der Waals surface area contributed by atoms with Crippen molar-refractivity contribution in [3.8, 4) is 11.8 Å². The van der Waals surface area contributed by atoms with E-state index in [-0.39, 0.29) is 12.1 Å². The predicted octanol–water partition coefficient (Wildman–Crippen LogP) is 3.39. The zero-order valence-corrected chi connectivity index (χ0v) is 14.5. The van der Waals surface area contributed by atoms with Gasteiger partial charge in [0.25, 0.3) is 0 Å². The maximum absolute atomic E-state index is 9.67. The van der Waals surface area contributed by atoms with Crippen molar-refractivity contribution in [3.05, 3.63) is 65.2 Å². The van der Waals surface area contributed by atoms with E-state index >= 15 is 0 Å². The van der Waals surface area contributed by atoms with Crippen LogP contribution in [0.15, 0.2) is 48.5 Å². The molecule has 1 aliphatic carbocycles. The molecule has 1 saturated carbocycles. The first-order chi connectivity index (χ1) is 12.1. The Morgan fingerprint density at radius 1 is 1.20 bits per heavy atom. The molecule has 2 aromatic carbocycles. The van der Waals surface area contributed by atoms with E-state index in [4.69, 9.17) is 10.00 Å². The summed E-state index contributed by atoms with van der Waals surface area (Å²) in [5, 5.41) is 22.1. The van der Waals surface area contributed by atoms with E-state index in [1.54, 1.807) is 6.07 Å². The molecule has 0 saturated heterocycles. The summed E-state index contributed by atoms with van der Waals surface area (Å²) in [7, 11) is 0. The highest BCUT2D eigenvalue weighted by Crippen LogP contribution is 2.39. The van der Waals surface area contributed by atoms with Gasteiger partial charge in [0.15, 0.2) is 0 Å². The number of aliphatic hydroxyl groups is 1. The fourth-order valence-electron chi connectivity index (χ4n) is 3.00. The second-order valence-electron chi connectivity index (χ2n) is 6.95. The lowest BCUT2D eigenvalue weighted by Gasteiger charge is -2.29. The van der Waals surface area contributed by atoms with Crippen LogP contribution in [0.25, 0.3) is 0 Å². The van der Waals surface area contributed by atoms with Crippen molar-refractivity contribution >= 4 is 0 Å². The normalized spacial score (nSPS) is 16.0. The molecule has 0 radical (unpaired) electrons. The van der Waals surface area contributed by atoms with Gasteiger partial charge in [0.2, 0.25) is 0 Å². The number of nitrogens with one attached hydrogen (secondary N) is 1. The van der Waals surface area contributed by atoms with E-state index in [1.165, 1.54) is 12.8 Å². The number of hydrogen-bond acceptors (Lipinski definition) is 4. The third-order valence-electron chi connectivity index (χ3n) is 4.86. The molecule has 4 nitrogen and oxygen atoms in total. The molecule has 0 bridgehead atoms. The zero-order chi connectivity index (χ0) is 17.7. The Hall–Kier alpha value is -2.35. The largest absolute Gasteiger partial charge is 0.489 e. The lowest BCUT2D eigenvalue weighted by Crippen LogP contribution is -2.47. The number of rotatable bonds is 8. The summed E-state index contributed by atoms with van der Waals surface area (Å²) in [5.41, 5.74) is 2.55. The Bertz CT molecular complexity index is 764. The monoisotopic (exact) mass is 336 g/mol. The van der Waals surface area contributed by atoms with E-state index in [0.29, 0.717) is 24.6 Å². The molecule has 0 heterocycles. The van der Waals surface area contributed by atoms with E-state index in [2.05, 4.69) is 24.4 Å². The first kappa shape index (κ1) is 17.5. The third kappa shape index (κ3) is 4.60. The first-order valence-corrected chi connectivity index (χ1v) is 8.69. The topological polar surface area (TPSA) is 65.3 Å². The van der Waals surface area contributed by atoms with Gasteiger partial charge < -0.3 is 15.2 Å². The number of nitrogens with zero attached hydrogens (tertiary/aromatic N) is 1. The second kappa shape index (κ2) is 7.69. The van der Waals surface area contributed by atoms with Crippen molar-refractivity contribution in [2.75, 3.05) is 6.61 Å². The minimum absolute atomic E-state index is 0.156. The van der Waals surface area contributed by atoms with Crippen LogP contribution in [-0.2, 0) is 13.2 Å². The summed E-state index contributed by atoms with van der Waals surface area (Å²) in [5.74, 6) is 1.38. The molecule has 2 N–H and O–H groups in total. The van der Waals surface area contributed by atoms with Crippen LogP contribution in [0.5, 0.6) is 5.75 Å². The summed E-state index contributed by atoms with van der Waals surface area (Å²) in [6, 6.07) is 17.6. The lowest BCUT2D eigenvalue weighted by molar-refractivity contribution is 0.153. The Balaban J connectivity index is 1.58. The summed E-state index contributed by atoms with van der Waals surface area (Å²) >= 11 is 0.